The zero-order valence-electron chi connectivity index (χ0n) is 8.09. The quantitative estimate of drug-likeness (QED) is 0.792. The highest BCUT2D eigenvalue weighted by atomic mass is 79.9. The fraction of sp³-hybridized carbons (Fsp3) is 0.500. The van der Waals surface area contributed by atoms with Crippen LogP contribution >= 0.6 is 27.5 Å². The van der Waals surface area contributed by atoms with E-state index in [2.05, 4.69) is 20.9 Å². The fourth-order valence-electron chi connectivity index (χ4n) is 1.56. The Morgan fingerprint density at radius 3 is 2.87 bits per heavy atom. The molecule has 1 aromatic heterocycles. The van der Waals surface area contributed by atoms with Crippen LogP contribution in [-0.4, -0.2) is 22.9 Å². The van der Waals surface area contributed by atoms with E-state index in [0.717, 1.165) is 24.7 Å². The molecule has 0 aliphatic heterocycles. The van der Waals surface area contributed by atoms with Crippen molar-refractivity contribution in [1.29, 1.82) is 0 Å². The number of nitrogens with zero attached hydrogens (tertiary/aromatic N) is 2. The Morgan fingerprint density at radius 1 is 1.60 bits per heavy atom. The van der Waals surface area contributed by atoms with E-state index in [1.807, 2.05) is 4.90 Å². The van der Waals surface area contributed by atoms with Gasteiger partial charge < -0.3 is 4.90 Å². The number of hydrogen-bond donors (Lipinski definition) is 0. The molecule has 2 rings (SSSR count). The Balaban J connectivity index is 2.24. The monoisotopic (exact) mass is 292 g/mol. The van der Waals surface area contributed by atoms with Gasteiger partial charge in [-0.2, -0.15) is 0 Å². The van der Waals surface area contributed by atoms with Crippen LogP contribution in [0.1, 0.15) is 12.8 Å². The molecule has 0 unspecified atom stereocenters. The van der Waals surface area contributed by atoms with Gasteiger partial charge in [-0.3, -0.25) is 0 Å². The maximum absolute atomic E-state index is 13.6. The molecule has 0 bridgehead atoms. The van der Waals surface area contributed by atoms with Crippen molar-refractivity contribution in [3.63, 3.8) is 0 Å². The lowest BCUT2D eigenvalue weighted by molar-refractivity contribution is 0.609. The standard InChI is InChI=1S/C10H11BrClFN2/c11-3-4-15(8-1-2-8)10-9(13)5-7(12)6-14-10/h5-6,8H,1-4H2. The van der Waals surface area contributed by atoms with Gasteiger partial charge in [0.15, 0.2) is 11.6 Å². The first kappa shape index (κ1) is 11.1. The third-order valence-corrected chi connectivity index (χ3v) is 2.93. The minimum atomic E-state index is -0.338. The number of rotatable bonds is 4. The van der Waals surface area contributed by atoms with E-state index < -0.39 is 0 Å². The summed E-state index contributed by atoms with van der Waals surface area (Å²) in [7, 11) is 0. The Morgan fingerprint density at radius 2 is 2.33 bits per heavy atom. The average molecular weight is 294 g/mol. The van der Waals surface area contributed by atoms with E-state index in [1.54, 1.807) is 0 Å². The molecule has 1 heterocycles. The smallest absolute Gasteiger partial charge is 0.167 e. The molecule has 0 radical (unpaired) electrons. The van der Waals surface area contributed by atoms with Gasteiger partial charge in [0.05, 0.1) is 5.02 Å². The molecule has 82 valence electrons. The summed E-state index contributed by atoms with van der Waals surface area (Å²) in [6, 6.07) is 1.76. The van der Waals surface area contributed by atoms with Crippen LogP contribution in [0.15, 0.2) is 12.3 Å². The van der Waals surface area contributed by atoms with Crippen molar-refractivity contribution >= 4 is 33.3 Å². The molecule has 0 aromatic carbocycles. The van der Waals surface area contributed by atoms with E-state index in [0.29, 0.717) is 16.9 Å². The van der Waals surface area contributed by atoms with Crippen molar-refractivity contribution in [1.82, 2.24) is 4.98 Å². The first-order valence-corrected chi connectivity index (χ1v) is 6.36. The molecular formula is C10H11BrClFN2. The zero-order valence-corrected chi connectivity index (χ0v) is 10.4. The molecule has 1 aliphatic rings. The minimum absolute atomic E-state index is 0.338. The van der Waals surface area contributed by atoms with Crippen LogP contribution in [-0.2, 0) is 0 Å². The lowest BCUT2D eigenvalue weighted by atomic mass is 10.4. The summed E-state index contributed by atoms with van der Waals surface area (Å²) >= 11 is 9.03. The van der Waals surface area contributed by atoms with Gasteiger partial charge in [0.25, 0.3) is 0 Å². The summed E-state index contributed by atoms with van der Waals surface area (Å²) in [5, 5.41) is 1.15. The summed E-state index contributed by atoms with van der Waals surface area (Å²) in [4.78, 5) is 6.06. The first-order valence-electron chi connectivity index (χ1n) is 4.86. The van der Waals surface area contributed by atoms with Gasteiger partial charge in [0.2, 0.25) is 0 Å². The van der Waals surface area contributed by atoms with Gasteiger partial charge in [-0.05, 0) is 18.9 Å². The van der Waals surface area contributed by atoms with Crippen LogP contribution in [0.4, 0.5) is 10.2 Å². The second kappa shape index (κ2) is 4.66. The molecule has 1 aliphatic carbocycles. The number of alkyl halides is 1. The lowest BCUT2D eigenvalue weighted by Crippen LogP contribution is -2.29. The molecular weight excluding hydrogens is 282 g/mol. The maximum Gasteiger partial charge on any atom is 0.167 e. The minimum Gasteiger partial charge on any atom is -0.350 e. The highest BCUT2D eigenvalue weighted by molar-refractivity contribution is 9.09. The van der Waals surface area contributed by atoms with Crippen molar-refractivity contribution in [2.75, 3.05) is 16.8 Å². The Bertz CT molecular complexity index is 357. The Labute approximate surface area is 102 Å². The molecule has 0 saturated heterocycles. The third kappa shape index (κ3) is 2.61. The number of halogens is 3. The van der Waals surface area contributed by atoms with Crippen molar-refractivity contribution in [2.45, 2.75) is 18.9 Å². The van der Waals surface area contributed by atoms with E-state index >= 15 is 0 Å². The maximum atomic E-state index is 13.6. The van der Waals surface area contributed by atoms with Gasteiger partial charge in [0, 0.05) is 24.1 Å². The topological polar surface area (TPSA) is 16.1 Å². The van der Waals surface area contributed by atoms with E-state index in [1.165, 1.54) is 12.3 Å². The van der Waals surface area contributed by atoms with Crippen LogP contribution in [0.25, 0.3) is 0 Å². The Kier molecular flexibility index (Phi) is 3.46. The van der Waals surface area contributed by atoms with Crippen LogP contribution in [0.2, 0.25) is 5.02 Å². The number of anilines is 1. The van der Waals surface area contributed by atoms with Crippen molar-refractivity contribution < 1.29 is 4.39 Å². The SMILES string of the molecule is Fc1cc(Cl)cnc1N(CCBr)C1CC1. The van der Waals surface area contributed by atoms with Crippen LogP contribution < -0.4 is 4.90 Å². The van der Waals surface area contributed by atoms with Crippen molar-refractivity contribution in [3.8, 4) is 0 Å². The molecule has 0 spiro atoms. The molecule has 5 heteroatoms. The van der Waals surface area contributed by atoms with Crippen LogP contribution in [0.5, 0.6) is 0 Å². The first-order chi connectivity index (χ1) is 7.22. The molecule has 1 aromatic rings. The summed E-state index contributed by atoms with van der Waals surface area (Å²) < 4.78 is 13.6. The van der Waals surface area contributed by atoms with E-state index in [4.69, 9.17) is 11.6 Å². The predicted molar refractivity (Wildman–Crippen MR) is 63.4 cm³/mol. The number of aromatic nitrogens is 1. The fourth-order valence-corrected chi connectivity index (χ4v) is 2.08. The molecule has 15 heavy (non-hydrogen) atoms. The van der Waals surface area contributed by atoms with Gasteiger partial charge >= 0.3 is 0 Å². The van der Waals surface area contributed by atoms with E-state index in [-0.39, 0.29) is 5.82 Å². The molecule has 1 fully saturated rings. The normalized spacial score (nSPS) is 15.4. The molecule has 1 saturated carbocycles. The second-order valence-corrected chi connectivity index (χ2v) is 4.80. The number of hydrogen-bond acceptors (Lipinski definition) is 2. The van der Waals surface area contributed by atoms with Crippen LogP contribution in [0.3, 0.4) is 0 Å². The molecule has 0 N–H and O–H groups in total. The summed E-state index contributed by atoms with van der Waals surface area (Å²) in [6.07, 6.45) is 3.73. The summed E-state index contributed by atoms with van der Waals surface area (Å²) in [5.41, 5.74) is 0. The van der Waals surface area contributed by atoms with Gasteiger partial charge in [-0.1, -0.05) is 27.5 Å². The van der Waals surface area contributed by atoms with Crippen molar-refractivity contribution in [3.05, 3.63) is 23.1 Å². The van der Waals surface area contributed by atoms with Gasteiger partial charge in [-0.25, -0.2) is 9.37 Å². The highest BCUT2D eigenvalue weighted by Crippen LogP contribution is 2.32. The largest absolute Gasteiger partial charge is 0.350 e. The predicted octanol–water partition coefficient (Wildman–Crippen LogP) is 3.24. The van der Waals surface area contributed by atoms with Gasteiger partial charge in [0.1, 0.15) is 0 Å². The lowest BCUT2D eigenvalue weighted by Gasteiger charge is -2.22. The van der Waals surface area contributed by atoms with Crippen LogP contribution in [0, 0.1) is 5.82 Å². The highest BCUT2D eigenvalue weighted by Gasteiger charge is 2.31. The molecule has 0 atom stereocenters. The van der Waals surface area contributed by atoms with Crippen molar-refractivity contribution in [2.24, 2.45) is 0 Å². The average Bonchev–Trinajstić information content (AvgIpc) is 2.98. The second-order valence-electron chi connectivity index (χ2n) is 3.57. The Hall–Kier alpha value is -0.350. The summed E-state index contributed by atoms with van der Waals surface area (Å²) in [5.74, 6) is 0.0803. The third-order valence-electron chi connectivity index (χ3n) is 2.37. The molecule has 0 amide bonds. The van der Waals surface area contributed by atoms with E-state index in [9.17, 15) is 4.39 Å². The van der Waals surface area contributed by atoms with Gasteiger partial charge in [-0.15, -0.1) is 0 Å². The number of pyridine rings is 1. The molecule has 2 nitrogen and oxygen atoms in total. The summed E-state index contributed by atoms with van der Waals surface area (Å²) in [6.45, 7) is 0.774. The zero-order chi connectivity index (χ0) is 10.8.